The molecule has 0 saturated carbocycles. The highest BCUT2D eigenvalue weighted by atomic mass is 35.5. The molecule has 0 radical (unpaired) electrons. The van der Waals surface area contributed by atoms with Gasteiger partial charge in [0.05, 0.1) is 34.1 Å². The van der Waals surface area contributed by atoms with E-state index in [1.807, 2.05) is 0 Å². The highest BCUT2D eigenvalue weighted by molar-refractivity contribution is 7.92. The first-order valence-corrected chi connectivity index (χ1v) is 9.04. The highest BCUT2D eigenvalue weighted by Crippen LogP contribution is 2.29. The first-order valence-electron chi connectivity index (χ1n) is 6.44. The summed E-state index contributed by atoms with van der Waals surface area (Å²) in [5, 5.41) is 9.53. The molecule has 0 spiro atoms. The van der Waals surface area contributed by atoms with Crippen molar-refractivity contribution in [3.05, 3.63) is 63.6 Å². The maximum Gasteiger partial charge on any atom is 0.335 e. The van der Waals surface area contributed by atoms with E-state index in [1.165, 1.54) is 24.3 Å². The predicted octanol–water partition coefficient (Wildman–Crippen LogP) is 3.66. The minimum Gasteiger partial charge on any atom is -0.478 e. The van der Waals surface area contributed by atoms with Crippen LogP contribution in [0.4, 0.5) is 5.69 Å². The lowest BCUT2D eigenvalue weighted by Crippen LogP contribution is -2.29. The highest BCUT2D eigenvalue weighted by Gasteiger charge is 2.20. The third-order valence-electron chi connectivity index (χ3n) is 3.15. The molecule has 0 unspecified atom stereocenters. The second-order valence-corrected chi connectivity index (χ2v) is 7.53. The molecule has 0 aliphatic heterocycles. The Labute approximate surface area is 144 Å². The summed E-state index contributed by atoms with van der Waals surface area (Å²) in [5.41, 5.74) is 0.962. The summed E-state index contributed by atoms with van der Waals surface area (Å²) >= 11 is 12.1. The van der Waals surface area contributed by atoms with Crippen LogP contribution in [0.15, 0.2) is 42.5 Å². The molecule has 0 bridgehead atoms. The third kappa shape index (κ3) is 4.16. The summed E-state index contributed by atoms with van der Waals surface area (Å²) in [4.78, 5) is 10.9. The van der Waals surface area contributed by atoms with Gasteiger partial charge in [0.25, 0.3) is 0 Å². The van der Waals surface area contributed by atoms with Crippen LogP contribution in [0.3, 0.4) is 0 Å². The van der Waals surface area contributed by atoms with Crippen LogP contribution in [0, 0.1) is 0 Å². The molecule has 1 N–H and O–H groups in total. The van der Waals surface area contributed by atoms with Crippen molar-refractivity contribution in [2.45, 2.75) is 6.54 Å². The van der Waals surface area contributed by atoms with Crippen LogP contribution < -0.4 is 4.31 Å². The van der Waals surface area contributed by atoms with Crippen molar-refractivity contribution in [1.82, 2.24) is 0 Å². The van der Waals surface area contributed by atoms with Gasteiger partial charge in [-0.2, -0.15) is 0 Å². The van der Waals surface area contributed by atoms with Crippen LogP contribution in [0.25, 0.3) is 0 Å². The van der Waals surface area contributed by atoms with E-state index in [-0.39, 0.29) is 17.1 Å². The summed E-state index contributed by atoms with van der Waals surface area (Å²) in [6, 6.07) is 10.5. The summed E-state index contributed by atoms with van der Waals surface area (Å²) in [7, 11) is -3.59. The van der Waals surface area contributed by atoms with E-state index in [2.05, 4.69) is 0 Å². The Hall–Kier alpha value is -1.76. The molecule has 0 saturated heterocycles. The molecule has 0 aromatic heterocycles. The van der Waals surface area contributed by atoms with Gasteiger partial charge in [0.15, 0.2) is 0 Å². The number of carbonyl (C=O) groups is 1. The standard InChI is InChI=1S/C15H13Cl2NO4S/c1-23(21,22)18(9-11-3-2-4-13(16)14(11)17)12-7-5-10(6-8-12)15(19)20/h2-8H,9H2,1H3,(H,19,20). The third-order valence-corrected chi connectivity index (χ3v) is 5.15. The average molecular weight is 374 g/mol. The second-order valence-electron chi connectivity index (χ2n) is 4.83. The van der Waals surface area contributed by atoms with E-state index in [0.717, 1.165) is 10.6 Å². The smallest absolute Gasteiger partial charge is 0.335 e. The van der Waals surface area contributed by atoms with Gasteiger partial charge in [-0.25, -0.2) is 13.2 Å². The number of rotatable bonds is 5. The van der Waals surface area contributed by atoms with Gasteiger partial charge in [0.2, 0.25) is 10.0 Å². The van der Waals surface area contributed by atoms with Crippen LogP contribution in [-0.4, -0.2) is 25.7 Å². The minimum atomic E-state index is -3.59. The zero-order chi connectivity index (χ0) is 17.2. The fraction of sp³-hybridized carbons (Fsp3) is 0.133. The lowest BCUT2D eigenvalue weighted by Gasteiger charge is -2.23. The average Bonchev–Trinajstić information content (AvgIpc) is 2.47. The SMILES string of the molecule is CS(=O)(=O)N(Cc1cccc(Cl)c1Cl)c1ccc(C(=O)O)cc1. The van der Waals surface area contributed by atoms with E-state index < -0.39 is 16.0 Å². The molecule has 0 atom stereocenters. The Morgan fingerprint density at radius 2 is 1.74 bits per heavy atom. The van der Waals surface area contributed by atoms with E-state index in [0.29, 0.717) is 16.3 Å². The van der Waals surface area contributed by atoms with Crippen molar-refractivity contribution < 1.29 is 18.3 Å². The van der Waals surface area contributed by atoms with E-state index in [4.69, 9.17) is 28.3 Å². The van der Waals surface area contributed by atoms with Gasteiger partial charge < -0.3 is 5.11 Å². The molecule has 122 valence electrons. The second kappa shape index (κ2) is 6.78. The quantitative estimate of drug-likeness (QED) is 0.867. The maximum absolute atomic E-state index is 12.1. The molecule has 2 aromatic carbocycles. The number of hydrogen-bond acceptors (Lipinski definition) is 3. The molecule has 2 aromatic rings. The molecular weight excluding hydrogens is 361 g/mol. The molecule has 0 fully saturated rings. The van der Waals surface area contributed by atoms with Crippen molar-refractivity contribution in [1.29, 1.82) is 0 Å². The zero-order valence-corrected chi connectivity index (χ0v) is 14.4. The summed E-state index contributed by atoms with van der Waals surface area (Å²) in [6.07, 6.45) is 1.07. The van der Waals surface area contributed by atoms with Gasteiger partial charge in [-0.3, -0.25) is 4.31 Å². The molecule has 0 heterocycles. The summed E-state index contributed by atoms with van der Waals surface area (Å²) < 4.78 is 25.3. The Bertz CT molecular complexity index is 835. The lowest BCUT2D eigenvalue weighted by atomic mass is 10.2. The van der Waals surface area contributed by atoms with Gasteiger partial charge in [0.1, 0.15) is 0 Å². The zero-order valence-electron chi connectivity index (χ0n) is 12.0. The van der Waals surface area contributed by atoms with Gasteiger partial charge in [-0.15, -0.1) is 0 Å². The fourth-order valence-electron chi connectivity index (χ4n) is 2.00. The number of anilines is 1. The Balaban J connectivity index is 2.42. The Morgan fingerprint density at radius 1 is 1.13 bits per heavy atom. The van der Waals surface area contributed by atoms with Crippen LogP contribution in [0.2, 0.25) is 10.0 Å². The predicted molar refractivity (Wildman–Crippen MR) is 90.9 cm³/mol. The van der Waals surface area contributed by atoms with Crippen LogP contribution >= 0.6 is 23.2 Å². The van der Waals surface area contributed by atoms with Crippen molar-refractivity contribution in [3.63, 3.8) is 0 Å². The molecule has 0 aliphatic rings. The number of halogens is 2. The Kier molecular flexibility index (Phi) is 5.19. The molecule has 23 heavy (non-hydrogen) atoms. The maximum atomic E-state index is 12.1. The molecule has 2 rings (SSSR count). The van der Waals surface area contributed by atoms with Crippen molar-refractivity contribution in [3.8, 4) is 0 Å². The van der Waals surface area contributed by atoms with Crippen LogP contribution in [0.1, 0.15) is 15.9 Å². The summed E-state index contributed by atoms with van der Waals surface area (Å²) in [6.45, 7) is -0.00928. The fourth-order valence-corrected chi connectivity index (χ4v) is 3.25. The van der Waals surface area contributed by atoms with Crippen molar-refractivity contribution in [2.24, 2.45) is 0 Å². The van der Waals surface area contributed by atoms with E-state index in [9.17, 15) is 13.2 Å². The summed E-state index contributed by atoms with van der Waals surface area (Å²) in [5.74, 6) is -1.08. The number of hydrogen-bond donors (Lipinski definition) is 1. The number of aromatic carboxylic acids is 1. The monoisotopic (exact) mass is 373 g/mol. The topological polar surface area (TPSA) is 74.7 Å². The number of nitrogens with zero attached hydrogens (tertiary/aromatic N) is 1. The van der Waals surface area contributed by atoms with Gasteiger partial charge >= 0.3 is 5.97 Å². The number of sulfonamides is 1. The molecule has 0 aliphatic carbocycles. The van der Waals surface area contributed by atoms with Gasteiger partial charge in [-0.1, -0.05) is 35.3 Å². The number of benzene rings is 2. The van der Waals surface area contributed by atoms with Gasteiger partial charge in [0, 0.05) is 0 Å². The van der Waals surface area contributed by atoms with Crippen LogP contribution in [-0.2, 0) is 16.6 Å². The van der Waals surface area contributed by atoms with Gasteiger partial charge in [-0.05, 0) is 35.9 Å². The van der Waals surface area contributed by atoms with E-state index in [1.54, 1.807) is 18.2 Å². The molecule has 5 nitrogen and oxygen atoms in total. The van der Waals surface area contributed by atoms with Crippen LogP contribution in [0.5, 0.6) is 0 Å². The number of carboxylic acid groups (broad SMARTS) is 1. The minimum absolute atomic E-state index is 0.00928. The Morgan fingerprint density at radius 3 is 2.26 bits per heavy atom. The van der Waals surface area contributed by atoms with Crippen molar-refractivity contribution in [2.75, 3.05) is 10.6 Å². The van der Waals surface area contributed by atoms with E-state index >= 15 is 0 Å². The normalized spacial score (nSPS) is 11.3. The molecular formula is C15H13Cl2NO4S. The first-order chi connectivity index (χ1) is 10.7. The first kappa shape index (κ1) is 17.6. The molecule has 0 amide bonds. The largest absolute Gasteiger partial charge is 0.478 e. The number of carboxylic acids is 1. The van der Waals surface area contributed by atoms with Crippen molar-refractivity contribution >= 4 is 44.9 Å². The molecule has 8 heteroatoms. The lowest BCUT2D eigenvalue weighted by molar-refractivity contribution is 0.0697.